The first-order valence-corrected chi connectivity index (χ1v) is 4.94. The first kappa shape index (κ1) is 9.13. The van der Waals surface area contributed by atoms with E-state index >= 15 is 0 Å². The van der Waals surface area contributed by atoms with Gasteiger partial charge >= 0.3 is 0 Å². The maximum absolute atomic E-state index is 4.28. The summed E-state index contributed by atoms with van der Waals surface area (Å²) in [7, 11) is 0. The Morgan fingerprint density at radius 2 is 2.00 bits per heavy atom. The second-order valence-electron chi connectivity index (χ2n) is 3.79. The highest BCUT2D eigenvalue weighted by atomic mass is 14.8. The van der Waals surface area contributed by atoms with Crippen LogP contribution in [0.3, 0.4) is 0 Å². The molecule has 2 unspecified atom stereocenters. The third-order valence-corrected chi connectivity index (χ3v) is 2.71. The van der Waals surface area contributed by atoms with Crippen LogP contribution in [0, 0.1) is 11.8 Å². The summed E-state index contributed by atoms with van der Waals surface area (Å²) >= 11 is 0. The Labute approximate surface area is 84.4 Å². The Balaban J connectivity index is 2.30. The summed E-state index contributed by atoms with van der Waals surface area (Å²) in [5, 5.41) is 0. The molecule has 2 rings (SSSR count). The molecule has 0 saturated heterocycles. The summed E-state index contributed by atoms with van der Waals surface area (Å²) in [5.41, 5.74) is 2.14. The van der Waals surface area contributed by atoms with E-state index in [-0.39, 0.29) is 0 Å². The summed E-state index contributed by atoms with van der Waals surface area (Å²) in [5.74, 6) is 1.20. The smallest absolute Gasteiger partial charge is 0.0881 e. The van der Waals surface area contributed by atoms with Crippen molar-refractivity contribution in [3.8, 4) is 0 Å². The maximum atomic E-state index is 4.28. The predicted molar refractivity (Wildman–Crippen MR) is 57.5 cm³/mol. The van der Waals surface area contributed by atoms with Crippen LogP contribution in [0.4, 0.5) is 0 Å². The summed E-state index contributed by atoms with van der Waals surface area (Å²) < 4.78 is 0. The molecule has 0 bridgehead atoms. The van der Waals surface area contributed by atoms with E-state index in [0.29, 0.717) is 11.8 Å². The molecule has 0 amide bonds. The fourth-order valence-electron chi connectivity index (χ4n) is 1.54. The number of allylic oxidation sites excluding steroid dienone is 4. The Bertz CT molecular complexity index is 365. The minimum atomic E-state index is 0.581. The van der Waals surface area contributed by atoms with Crippen molar-refractivity contribution >= 4 is 5.57 Å². The highest BCUT2D eigenvalue weighted by molar-refractivity contribution is 5.72. The van der Waals surface area contributed by atoms with Crippen molar-refractivity contribution in [2.24, 2.45) is 11.8 Å². The topological polar surface area (TPSA) is 25.8 Å². The van der Waals surface area contributed by atoms with Crippen molar-refractivity contribution in [2.75, 3.05) is 0 Å². The van der Waals surface area contributed by atoms with Crippen molar-refractivity contribution in [1.29, 1.82) is 0 Å². The van der Waals surface area contributed by atoms with Gasteiger partial charge in [-0.15, -0.1) is 0 Å². The molecular weight excluding hydrogens is 172 g/mol. The number of hydrogen-bond acceptors (Lipinski definition) is 2. The van der Waals surface area contributed by atoms with Gasteiger partial charge in [0, 0.05) is 12.4 Å². The molecule has 2 atom stereocenters. The van der Waals surface area contributed by atoms with Crippen LogP contribution in [-0.2, 0) is 0 Å². The van der Waals surface area contributed by atoms with Gasteiger partial charge in [0.25, 0.3) is 0 Å². The largest absolute Gasteiger partial charge is 0.261 e. The second-order valence-corrected chi connectivity index (χ2v) is 3.79. The zero-order valence-corrected chi connectivity index (χ0v) is 8.51. The molecule has 14 heavy (non-hydrogen) atoms. The van der Waals surface area contributed by atoms with Gasteiger partial charge in [-0.05, 0) is 17.4 Å². The lowest BCUT2D eigenvalue weighted by Gasteiger charge is -2.18. The molecule has 2 heteroatoms. The van der Waals surface area contributed by atoms with E-state index in [1.807, 2.05) is 0 Å². The molecule has 0 aliphatic heterocycles. The monoisotopic (exact) mass is 186 g/mol. The fraction of sp³-hybridized carbons (Fsp3) is 0.333. The average Bonchev–Trinajstić information content (AvgIpc) is 2.23. The number of aromatic nitrogens is 2. The normalized spacial score (nSPS) is 26.0. The van der Waals surface area contributed by atoms with E-state index < -0.39 is 0 Å². The van der Waals surface area contributed by atoms with Crippen LogP contribution in [0.1, 0.15) is 19.5 Å². The van der Waals surface area contributed by atoms with Gasteiger partial charge in [0.2, 0.25) is 0 Å². The molecule has 0 fully saturated rings. The van der Waals surface area contributed by atoms with E-state index in [9.17, 15) is 0 Å². The number of nitrogens with zero attached hydrogens (tertiary/aromatic N) is 2. The first-order chi connectivity index (χ1) is 6.77. The zero-order chi connectivity index (χ0) is 9.97. The number of hydrogen-bond donors (Lipinski definition) is 0. The van der Waals surface area contributed by atoms with Crippen molar-refractivity contribution < 1.29 is 0 Å². The van der Waals surface area contributed by atoms with Gasteiger partial charge in [-0.1, -0.05) is 32.1 Å². The van der Waals surface area contributed by atoms with Crippen molar-refractivity contribution in [3.63, 3.8) is 0 Å². The molecule has 0 N–H and O–H groups in total. The predicted octanol–water partition coefficient (Wildman–Crippen LogP) is 2.70. The molecule has 1 aliphatic carbocycles. The Morgan fingerprint density at radius 1 is 1.14 bits per heavy atom. The fourth-order valence-corrected chi connectivity index (χ4v) is 1.54. The first-order valence-electron chi connectivity index (χ1n) is 4.94. The van der Waals surface area contributed by atoms with Gasteiger partial charge in [-0.3, -0.25) is 9.97 Å². The minimum Gasteiger partial charge on any atom is -0.261 e. The van der Waals surface area contributed by atoms with Crippen molar-refractivity contribution in [1.82, 2.24) is 9.97 Å². The van der Waals surface area contributed by atoms with E-state index in [1.54, 1.807) is 18.6 Å². The van der Waals surface area contributed by atoms with Crippen LogP contribution in [0.2, 0.25) is 0 Å². The Morgan fingerprint density at radius 3 is 2.64 bits per heavy atom. The molecule has 0 saturated carbocycles. The van der Waals surface area contributed by atoms with Crippen LogP contribution >= 0.6 is 0 Å². The summed E-state index contributed by atoms with van der Waals surface area (Å²) in [6.07, 6.45) is 11.9. The lowest BCUT2D eigenvalue weighted by Crippen LogP contribution is -2.06. The van der Waals surface area contributed by atoms with Gasteiger partial charge in [-0.25, -0.2) is 0 Å². The highest BCUT2D eigenvalue weighted by Crippen LogP contribution is 2.26. The molecule has 1 aliphatic rings. The Kier molecular flexibility index (Phi) is 2.44. The van der Waals surface area contributed by atoms with Gasteiger partial charge < -0.3 is 0 Å². The summed E-state index contributed by atoms with van der Waals surface area (Å²) in [6, 6.07) is 0. The lowest BCUT2D eigenvalue weighted by atomic mass is 9.88. The molecule has 0 aromatic carbocycles. The van der Waals surface area contributed by atoms with Crippen LogP contribution in [0.15, 0.2) is 36.8 Å². The lowest BCUT2D eigenvalue weighted by molar-refractivity contribution is 0.554. The van der Waals surface area contributed by atoms with Crippen LogP contribution in [0.25, 0.3) is 5.57 Å². The highest BCUT2D eigenvalue weighted by Gasteiger charge is 2.13. The summed E-state index contributed by atoms with van der Waals surface area (Å²) in [4.78, 5) is 8.35. The van der Waals surface area contributed by atoms with Crippen LogP contribution < -0.4 is 0 Å². The molecule has 1 aromatic rings. The molecular formula is C12H14N2. The molecule has 0 spiro atoms. The van der Waals surface area contributed by atoms with Crippen molar-refractivity contribution in [3.05, 3.63) is 42.5 Å². The Hall–Kier alpha value is -1.44. The summed E-state index contributed by atoms with van der Waals surface area (Å²) in [6.45, 7) is 4.45. The third kappa shape index (κ3) is 1.74. The van der Waals surface area contributed by atoms with Gasteiger partial charge in [0.15, 0.2) is 0 Å². The average molecular weight is 186 g/mol. The van der Waals surface area contributed by atoms with Gasteiger partial charge in [-0.2, -0.15) is 0 Å². The zero-order valence-electron chi connectivity index (χ0n) is 8.51. The molecule has 1 heterocycles. The molecule has 1 aromatic heterocycles. The molecule has 0 radical (unpaired) electrons. The quantitative estimate of drug-likeness (QED) is 0.674. The maximum Gasteiger partial charge on any atom is 0.0881 e. The van der Waals surface area contributed by atoms with Crippen LogP contribution in [0.5, 0.6) is 0 Å². The third-order valence-electron chi connectivity index (χ3n) is 2.71. The van der Waals surface area contributed by atoms with Gasteiger partial charge in [0.05, 0.1) is 11.9 Å². The van der Waals surface area contributed by atoms with E-state index in [2.05, 4.69) is 42.0 Å². The van der Waals surface area contributed by atoms with E-state index in [1.165, 1.54) is 5.57 Å². The van der Waals surface area contributed by atoms with E-state index in [0.717, 1.165) is 5.69 Å². The standard InChI is InChI=1S/C12H14N2/c1-9-3-4-11(7-10(9)2)12-8-13-5-6-14-12/h3-10H,1-2H3. The minimum absolute atomic E-state index is 0.581. The van der Waals surface area contributed by atoms with E-state index in [4.69, 9.17) is 0 Å². The molecule has 72 valence electrons. The second kappa shape index (κ2) is 3.74. The molecule has 2 nitrogen and oxygen atoms in total. The van der Waals surface area contributed by atoms with Gasteiger partial charge in [0.1, 0.15) is 0 Å². The SMILES string of the molecule is CC1C=CC(c2cnccn2)=CC1C. The van der Waals surface area contributed by atoms with Crippen molar-refractivity contribution in [2.45, 2.75) is 13.8 Å². The van der Waals surface area contributed by atoms with Crippen LogP contribution in [-0.4, -0.2) is 9.97 Å². The number of rotatable bonds is 1.